The predicted molar refractivity (Wildman–Crippen MR) is 158 cm³/mol. The molecule has 0 spiro atoms. The van der Waals surface area contributed by atoms with Gasteiger partial charge in [-0.2, -0.15) is 9.41 Å². The zero-order chi connectivity index (χ0) is 29.6. The molecule has 2 N–H and O–H groups in total. The molecule has 0 saturated heterocycles. The number of benzene rings is 3. The number of carbonyl (C=O) groups is 2. The van der Waals surface area contributed by atoms with E-state index in [1.165, 1.54) is 10.5 Å². The minimum absolute atomic E-state index is 0.0676. The summed E-state index contributed by atoms with van der Waals surface area (Å²) in [6.07, 6.45) is 1.21. The maximum absolute atomic E-state index is 13.5. The van der Waals surface area contributed by atoms with Gasteiger partial charge in [-0.15, -0.1) is 0 Å². The highest BCUT2D eigenvalue weighted by atomic mass is 35.5. The largest absolute Gasteiger partial charge is 0.459 e. The van der Waals surface area contributed by atoms with Crippen LogP contribution < -0.4 is 10.7 Å². The van der Waals surface area contributed by atoms with Gasteiger partial charge in [-0.05, 0) is 79.6 Å². The highest BCUT2D eigenvalue weighted by Crippen LogP contribution is 2.23. The molecule has 2 amide bonds. The van der Waals surface area contributed by atoms with Crippen molar-refractivity contribution in [2.75, 3.05) is 5.32 Å². The predicted octanol–water partition coefficient (Wildman–Crippen LogP) is 5.68. The lowest BCUT2D eigenvalue weighted by Crippen LogP contribution is -2.32. The molecule has 1 heterocycles. The molecular weight excluding hydrogens is 587 g/mol. The molecule has 212 valence electrons. The van der Waals surface area contributed by atoms with E-state index in [2.05, 4.69) is 15.8 Å². The summed E-state index contributed by atoms with van der Waals surface area (Å²) in [4.78, 5) is 24.5. The van der Waals surface area contributed by atoms with Crippen LogP contribution in [-0.2, 0) is 32.7 Å². The van der Waals surface area contributed by atoms with Crippen molar-refractivity contribution in [2.24, 2.45) is 5.10 Å². The van der Waals surface area contributed by atoms with E-state index in [0.29, 0.717) is 27.1 Å². The molecular formula is C29H26Cl2N4O5S. The molecule has 41 heavy (non-hydrogen) atoms. The number of furan rings is 1. The Morgan fingerprint density at radius 3 is 2.24 bits per heavy atom. The van der Waals surface area contributed by atoms with E-state index in [0.717, 1.165) is 11.1 Å². The second-order valence-corrected chi connectivity index (χ2v) is 11.9. The molecule has 0 aliphatic heterocycles. The second kappa shape index (κ2) is 13.1. The zero-order valence-electron chi connectivity index (χ0n) is 22.1. The third-order valence-electron chi connectivity index (χ3n) is 5.95. The SMILES string of the molecule is Cc1ccc(S(=O)(=O)N(Cc2ccc(Cl)cc2)Cc2ccc(/C=N/NC(=O)C(=O)Nc3ccc(Cl)cc3C)o2)cc1. The average Bonchev–Trinajstić information content (AvgIpc) is 3.38. The van der Waals surface area contributed by atoms with E-state index in [1.54, 1.807) is 85.8 Å². The molecule has 4 rings (SSSR count). The molecule has 9 nitrogen and oxygen atoms in total. The molecule has 0 aliphatic carbocycles. The molecule has 0 aliphatic rings. The first-order valence-electron chi connectivity index (χ1n) is 12.3. The van der Waals surface area contributed by atoms with Gasteiger partial charge in [-0.3, -0.25) is 9.59 Å². The molecule has 12 heteroatoms. The number of halogens is 2. The number of anilines is 1. The van der Waals surface area contributed by atoms with Crippen molar-refractivity contribution in [2.45, 2.75) is 31.8 Å². The average molecular weight is 614 g/mol. The second-order valence-electron chi connectivity index (χ2n) is 9.13. The standard InChI is InChI=1S/C29H26Cl2N4O5S/c1-19-3-12-26(13-4-19)41(38,39)35(17-21-5-7-22(30)8-6-21)18-25-11-10-24(40-25)16-32-34-29(37)28(36)33-27-14-9-23(31)15-20(27)2/h3-16H,17-18H2,1-2H3,(H,33,36)(H,34,37)/b32-16+. The van der Waals surface area contributed by atoms with Gasteiger partial charge in [0.15, 0.2) is 0 Å². The maximum atomic E-state index is 13.5. The van der Waals surface area contributed by atoms with Gasteiger partial charge < -0.3 is 9.73 Å². The molecule has 0 atom stereocenters. The highest BCUT2D eigenvalue weighted by Gasteiger charge is 2.26. The monoisotopic (exact) mass is 612 g/mol. The van der Waals surface area contributed by atoms with E-state index < -0.39 is 21.8 Å². The summed E-state index contributed by atoms with van der Waals surface area (Å²) in [5.74, 6) is -1.31. The number of hydrazone groups is 1. The Labute approximate surface area is 247 Å². The summed E-state index contributed by atoms with van der Waals surface area (Å²) in [7, 11) is -3.89. The lowest BCUT2D eigenvalue weighted by atomic mass is 10.2. The van der Waals surface area contributed by atoms with Crippen LogP contribution >= 0.6 is 23.2 Å². The number of rotatable bonds is 9. The summed E-state index contributed by atoms with van der Waals surface area (Å²) in [6.45, 7) is 3.63. The first kappa shape index (κ1) is 30.0. The number of hydrogen-bond donors (Lipinski definition) is 2. The van der Waals surface area contributed by atoms with E-state index in [4.69, 9.17) is 27.6 Å². The van der Waals surface area contributed by atoms with Gasteiger partial charge in [0.25, 0.3) is 0 Å². The Morgan fingerprint density at radius 1 is 0.878 bits per heavy atom. The van der Waals surface area contributed by atoms with Crippen molar-refractivity contribution in [1.82, 2.24) is 9.73 Å². The first-order chi connectivity index (χ1) is 19.5. The number of hydrogen-bond acceptors (Lipinski definition) is 6. The molecule has 4 aromatic rings. The Bertz CT molecular complexity index is 1690. The van der Waals surface area contributed by atoms with Crippen LogP contribution in [0.4, 0.5) is 5.69 Å². The van der Waals surface area contributed by atoms with Gasteiger partial charge in [-0.25, -0.2) is 13.8 Å². The molecule has 0 bridgehead atoms. The summed E-state index contributed by atoms with van der Waals surface area (Å²) in [5, 5.41) is 7.31. The van der Waals surface area contributed by atoms with Crippen molar-refractivity contribution in [3.8, 4) is 0 Å². The zero-order valence-corrected chi connectivity index (χ0v) is 24.4. The van der Waals surface area contributed by atoms with Gasteiger partial charge in [0.05, 0.1) is 17.7 Å². The van der Waals surface area contributed by atoms with Gasteiger partial charge >= 0.3 is 11.8 Å². The Morgan fingerprint density at radius 2 is 1.56 bits per heavy atom. The topological polar surface area (TPSA) is 121 Å². The van der Waals surface area contributed by atoms with E-state index in [1.807, 2.05) is 6.92 Å². The number of nitrogens with zero attached hydrogens (tertiary/aromatic N) is 2. The van der Waals surface area contributed by atoms with Crippen LogP contribution in [0.15, 0.2) is 93.3 Å². The Hall–Kier alpha value is -3.96. The van der Waals surface area contributed by atoms with Crippen molar-refractivity contribution >= 4 is 56.9 Å². The lowest BCUT2D eigenvalue weighted by molar-refractivity contribution is -0.136. The number of nitrogens with one attached hydrogen (secondary N) is 2. The first-order valence-corrected chi connectivity index (χ1v) is 14.5. The van der Waals surface area contributed by atoms with E-state index in [9.17, 15) is 18.0 Å². The fourth-order valence-electron chi connectivity index (χ4n) is 3.75. The van der Waals surface area contributed by atoms with Crippen LogP contribution in [0.25, 0.3) is 0 Å². The van der Waals surface area contributed by atoms with E-state index >= 15 is 0 Å². The lowest BCUT2D eigenvalue weighted by Gasteiger charge is -2.21. The van der Waals surface area contributed by atoms with Crippen molar-refractivity contribution in [1.29, 1.82) is 0 Å². The van der Waals surface area contributed by atoms with Gasteiger partial charge in [0, 0.05) is 22.3 Å². The van der Waals surface area contributed by atoms with E-state index in [-0.39, 0.29) is 23.7 Å². The van der Waals surface area contributed by atoms with Gasteiger partial charge in [-0.1, -0.05) is 53.0 Å². The van der Waals surface area contributed by atoms with Crippen LogP contribution in [0.5, 0.6) is 0 Å². The Balaban J connectivity index is 1.44. The van der Waals surface area contributed by atoms with Gasteiger partial charge in [0.1, 0.15) is 11.5 Å². The van der Waals surface area contributed by atoms with Crippen LogP contribution in [0, 0.1) is 13.8 Å². The van der Waals surface area contributed by atoms with Crippen molar-refractivity contribution in [3.05, 3.63) is 117 Å². The third-order valence-corrected chi connectivity index (χ3v) is 8.24. The van der Waals surface area contributed by atoms with Gasteiger partial charge in [0.2, 0.25) is 10.0 Å². The molecule has 0 unspecified atom stereocenters. The summed E-state index contributed by atoms with van der Waals surface area (Å²) in [6, 6.07) is 21.5. The molecule has 0 radical (unpaired) electrons. The highest BCUT2D eigenvalue weighted by molar-refractivity contribution is 7.89. The summed E-state index contributed by atoms with van der Waals surface area (Å²) in [5.41, 5.74) is 4.95. The Kier molecular flexibility index (Phi) is 9.61. The quantitative estimate of drug-likeness (QED) is 0.143. The van der Waals surface area contributed by atoms with Crippen LogP contribution in [0.3, 0.4) is 0 Å². The number of amides is 2. The molecule has 0 fully saturated rings. The van der Waals surface area contributed by atoms with Crippen molar-refractivity contribution in [3.63, 3.8) is 0 Å². The summed E-state index contributed by atoms with van der Waals surface area (Å²) >= 11 is 11.9. The minimum atomic E-state index is -3.89. The fourth-order valence-corrected chi connectivity index (χ4v) is 5.50. The van der Waals surface area contributed by atoms with Crippen LogP contribution in [0.2, 0.25) is 10.0 Å². The normalized spacial score (nSPS) is 11.6. The minimum Gasteiger partial charge on any atom is -0.459 e. The number of carbonyl (C=O) groups excluding carboxylic acids is 2. The number of sulfonamides is 1. The smallest absolute Gasteiger partial charge is 0.329 e. The molecule has 3 aromatic carbocycles. The van der Waals surface area contributed by atoms with Crippen molar-refractivity contribution < 1.29 is 22.4 Å². The van der Waals surface area contributed by atoms with Crippen LogP contribution in [0.1, 0.15) is 28.2 Å². The fraction of sp³-hybridized carbons (Fsp3) is 0.138. The summed E-state index contributed by atoms with van der Waals surface area (Å²) < 4.78 is 34.1. The number of aryl methyl sites for hydroxylation is 2. The molecule has 0 saturated carbocycles. The van der Waals surface area contributed by atoms with Crippen LogP contribution in [-0.4, -0.2) is 30.8 Å². The third kappa shape index (κ3) is 8.05. The maximum Gasteiger partial charge on any atom is 0.329 e. The molecule has 1 aromatic heterocycles.